The number of rotatable bonds is 7. The predicted molar refractivity (Wildman–Crippen MR) is 134 cm³/mol. The van der Waals surface area contributed by atoms with Crippen LogP contribution in [0.2, 0.25) is 5.02 Å². The first kappa shape index (κ1) is 22.3. The standard InChI is InChI=1S/C27H26ClN3O3/c28-23-15-22(34-21-4-2-1-3-5-21)11-8-18(23)14-19-16-30-26-25(19)24(12-13-29-26)31-20-9-6-17(7-10-20)27(32)33/h1-5,8,11-13,15-17,20H,6-7,9-10,14H2,(H,32,33)(H2,29,30,31). The first-order valence-corrected chi connectivity index (χ1v) is 11.9. The van der Waals surface area contributed by atoms with Crippen LogP contribution in [0.3, 0.4) is 0 Å². The molecule has 1 saturated carbocycles. The molecule has 0 radical (unpaired) electrons. The molecular weight excluding hydrogens is 450 g/mol. The second kappa shape index (κ2) is 9.77. The number of aromatic amines is 1. The fourth-order valence-electron chi connectivity index (χ4n) is 4.65. The van der Waals surface area contributed by atoms with Crippen molar-refractivity contribution >= 4 is 34.3 Å². The number of fused-ring (bicyclic) bond motifs is 1. The normalized spacial score (nSPS) is 18.0. The number of hydrogen-bond donors (Lipinski definition) is 3. The average molecular weight is 476 g/mol. The molecule has 2 aromatic heterocycles. The Bertz CT molecular complexity index is 1300. The topological polar surface area (TPSA) is 87.2 Å². The Morgan fingerprint density at radius 1 is 1.06 bits per heavy atom. The Morgan fingerprint density at radius 3 is 2.59 bits per heavy atom. The summed E-state index contributed by atoms with van der Waals surface area (Å²) >= 11 is 6.63. The van der Waals surface area contributed by atoms with E-state index >= 15 is 0 Å². The van der Waals surface area contributed by atoms with Crippen LogP contribution in [0, 0.1) is 5.92 Å². The second-order valence-corrected chi connectivity index (χ2v) is 9.18. The molecule has 5 rings (SSSR count). The summed E-state index contributed by atoms with van der Waals surface area (Å²) < 4.78 is 5.90. The first-order valence-electron chi connectivity index (χ1n) is 11.5. The van der Waals surface area contributed by atoms with Crippen LogP contribution in [0.1, 0.15) is 36.8 Å². The van der Waals surface area contributed by atoms with E-state index < -0.39 is 5.97 Å². The smallest absolute Gasteiger partial charge is 0.306 e. The number of nitrogens with zero attached hydrogens (tertiary/aromatic N) is 1. The lowest BCUT2D eigenvalue weighted by molar-refractivity contribution is -0.142. The van der Waals surface area contributed by atoms with E-state index in [2.05, 4.69) is 15.3 Å². The number of H-pyrrole nitrogens is 1. The maximum atomic E-state index is 11.3. The van der Waals surface area contributed by atoms with E-state index in [0.717, 1.165) is 46.4 Å². The van der Waals surface area contributed by atoms with Gasteiger partial charge >= 0.3 is 5.97 Å². The van der Waals surface area contributed by atoms with Crippen molar-refractivity contribution in [1.82, 2.24) is 9.97 Å². The van der Waals surface area contributed by atoms with Crippen LogP contribution in [0.4, 0.5) is 5.69 Å². The van der Waals surface area contributed by atoms with Crippen LogP contribution in [-0.2, 0) is 11.2 Å². The molecule has 3 N–H and O–H groups in total. The predicted octanol–water partition coefficient (Wildman–Crippen LogP) is 6.65. The fraction of sp³-hybridized carbons (Fsp3) is 0.259. The van der Waals surface area contributed by atoms with E-state index in [9.17, 15) is 9.90 Å². The molecule has 6 nitrogen and oxygen atoms in total. The van der Waals surface area contributed by atoms with Gasteiger partial charge in [0.15, 0.2) is 0 Å². The second-order valence-electron chi connectivity index (χ2n) is 8.77. The summed E-state index contributed by atoms with van der Waals surface area (Å²) in [6.45, 7) is 0. The minimum atomic E-state index is -0.685. The number of carboxylic acid groups (broad SMARTS) is 1. The number of halogens is 1. The molecule has 0 atom stereocenters. The maximum absolute atomic E-state index is 11.3. The molecule has 1 fully saturated rings. The quantitative estimate of drug-likeness (QED) is 0.278. The molecule has 0 spiro atoms. The van der Waals surface area contributed by atoms with Gasteiger partial charge in [-0.1, -0.05) is 35.9 Å². The third-order valence-electron chi connectivity index (χ3n) is 6.48. The number of carbonyl (C=O) groups is 1. The Hall–Kier alpha value is -3.51. The van der Waals surface area contributed by atoms with Crippen LogP contribution in [0.25, 0.3) is 11.0 Å². The molecule has 2 heterocycles. The Balaban J connectivity index is 1.34. The van der Waals surface area contributed by atoms with Gasteiger partial charge in [-0.3, -0.25) is 4.79 Å². The lowest BCUT2D eigenvalue weighted by atomic mass is 9.86. The molecule has 1 aliphatic carbocycles. The molecule has 0 amide bonds. The highest BCUT2D eigenvalue weighted by molar-refractivity contribution is 6.31. The van der Waals surface area contributed by atoms with Gasteiger partial charge in [0, 0.05) is 41.0 Å². The number of hydrogen-bond acceptors (Lipinski definition) is 4. The van der Waals surface area contributed by atoms with Gasteiger partial charge in [0.05, 0.1) is 5.92 Å². The number of benzene rings is 2. The summed E-state index contributed by atoms with van der Waals surface area (Å²) in [6, 6.07) is 17.6. The van der Waals surface area contributed by atoms with E-state index in [1.54, 1.807) is 6.20 Å². The summed E-state index contributed by atoms with van der Waals surface area (Å²) in [5.74, 6) is 0.547. The third kappa shape index (κ3) is 4.87. The zero-order valence-corrected chi connectivity index (χ0v) is 19.4. The van der Waals surface area contributed by atoms with Crippen LogP contribution in [0.5, 0.6) is 11.5 Å². The van der Waals surface area contributed by atoms with Gasteiger partial charge in [-0.05, 0) is 67.1 Å². The van der Waals surface area contributed by atoms with E-state index in [0.29, 0.717) is 30.0 Å². The van der Waals surface area contributed by atoms with Crippen LogP contribution in [0.15, 0.2) is 67.0 Å². The van der Waals surface area contributed by atoms with Gasteiger partial charge in [0.1, 0.15) is 17.1 Å². The summed E-state index contributed by atoms with van der Waals surface area (Å²) in [5.41, 5.74) is 3.93. The SMILES string of the molecule is O=C(O)C1CCC(Nc2ccnc3[nH]cc(Cc4ccc(Oc5ccccc5)cc4Cl)c23)CC1. The maximum Gasteiger partial charge on any atom is 0.306 e. The minimum absolute atomic E-state index is 0.227. The number of nitrogens with one attached hydrogen (secondary N) is 2. The van der Waals surface area contributed by atoms with Crippen molar-refractivity contribution in [1.29, 1.82) is 0 Å². The molecule has 174 valence electrons. The molecule has 4 aromatic rings. The largest absolute Gasteiger partial charge is 0.481 e. The van der Waals surface area contributed by atoms with Crippen molar-refractivity contribution in [2.75, 3.05) is 5.32 Å². The van der Waals surface area contributed by atoms with Crippen LogP contribution < -0.4 is 10.1 Å². The Labute approximate surface area is 202 Å². The summed E-state index contributed by atoms with van der Waals surface area (Å²) in [7, 11) is 0. The number of pyridine rings is 1. The summed E-state index contributed by atoms with van der Waals surface area (Å²) in [6.07, 6.45) is 7.51. The van der Waals surface area contributed by atoms with Gasteiger partial charge in [-0.2, -0.15) is 0 Å². The molecule has 0 bridgehead atoms. The minimum Gasteiger partial charge on any atom is -0.481 e. The third-order valence-corrected chi connectivity index (χ3v) is 6.83. The zero-order valence-electron chi connectivity index (χ0n) is 18.6. The highest BCUT2D eigenvalue weighted by Crippen LogP contribution is 2.33. The zero-order chi connectivity index (χ0) is 23.5. The van der Waals surface area contributed by atoms with Gasteiger partial charge < -0.3 is 20.1 Å². The van der Waals surface area contributed by atoms with E-state index in [-0.39, 0.29) is 12.0 Å². The van der Waals surface area contributed by atoms with Gasteiger partial charge in [0.25, 0.3) is 0 Å². The highest BCUT2D eigenvalue weighted by atomic mass is 35.5. The van der Waals surface area contributed by atoms with Crippen LogP contribution in [-0.4, -0.2) is 27.1 Å². The first-order chi connectivity index (χ1) is 16.6. The van der Waals surface area contributed by atoms with Crippen molar-refractivity contribution in [3.63, 3.8) is 0 Å². The molecule has 1 aliphatic rings. The lowest BCUT2D eigenvalue weighted by Crippen LogP contribution is -2.29. The molecule has 0 saturated heterocycles. The lowest BCUT2D eigenvalue weighted by Gasteiger charge is -2.28. The monoisotopic (exact) mass is 475 g/mol. The fourth-order valence-corrected chi connectivity index (χ4v) is 4.89. The number of carboxylic acids is 1. The molecule has 2 aromatic carbocycles. The highest BCUT2D eigenvalue weighted by Gasteiger charge is 2.26. The van der Waals surface area contributed by atoms with Crippen molar-refractivity contribution in [2.24, 2.45) is 5.92 Å². The van der Waals surface area contributed by atoms with E-state index in [1.165, 1.54) is 0 Å². The molecule has 7 heteroatoms. The van der Waals surface area contributed by atoms with Crippen molar-refractivity contribution in [2.45, 2.75) is 38.1 Å². The van der Waals surface area contributed by atoms with Gasteiger partial charge in [0.2, 0.25) is 0 Å². The Kier molecular flexibility index (Phi) is 6.41. The number of aliphatic carboxylic acids is 1. The van der Waals surface area contributed by atoms with Crippen molar-refractivity contribution in [3.8, 4) is 11.5 Å². The average Bonchev–Trinajstić information content (AvgIpc) is 3.26. The number of para-hydroxylation sites is 1. The Morgan fingerprint density at radius 2 is 1.85 bits per heavy atom. The summed E-state index contributed by atoms with van der Waals surface area (Å²) in [4.78, 5) is 19.0. The molecular formula is C27H26ClN3O3. The van der Waals surface area contributed by atoms with Gasteiger partial charge in [-0.15, -0.1) is 0 Å². The number of aromatic nitrogens is 2. The summed E-state index contributed by atoms with van der Waals surface area (Å²) in [5, 5.41) is 14.6. The van der Waals surface area contributed by atoms with E-state index in [1.807, 2.05) is 60.8 Å². The van der Waals surface area contributed by atoms with Crippen molar-refractivity contribution in [3.05, 3.63) is 83.1 Å². The van der Waals surface area contributed by atoms with E-state index in [4.69, 9.17) is 16.3 Å². The van der Waals surface area contributed by atoms with Gasteiger partial charge in [-0.25, -0.2) is 4.98 Å². The number of ether oxygens (including phenoxy) is 1. The van der Waals surface area contributed by atoms with Crippen molar-refractivity contribution < 1.29 is 14.6 Å². The molecule has 34 heavy (non-hydrogen) atoms. The molecule has 0 aliphatic heterocycles. The van der Waals surface area contributed by atoms with Crippen LogP contribution >= 0.6 is 11.6 Å². The number of anilines is 1. The molecule has 0 unspecified atom stereocenters.